The van der Waals surface area contributed by atoms with Crippen LogP contribution in [-0.4, -0.2) is 0 Å². The third kappa shape index (κ3) is 3.16. The van der Waals surface area contributed by atoms with Crippen LogP contribution in [0.4, 0.5) is 0 Å². The minimum Gasteiger partial charge on any atom is -0.113 e. The first-order chi connectivity index (χ1) is 10.7. The molecule has 0 bridgehead atoms. The minimum atomic E-state index is 0. The van der Waals surface area contributed by atoms with Gasteiger partial charge in [-0.2, -0.15) is 0 Å². The number of alkyl halides is 2. The Hall–Kier alpha value is -0.617. The molecule has 2 aromatic carbocycles. The molecular weight excluding hydrogens is 402 g/mol. The predicted octanol–water partition coefficient (Wildman–Crippen LogP) is 6.52. The summed E-state index contributed by atoms with van der Waals surface area (Å²) in [5, 5.41) is 0.0173. The van der Waals surface area contributed by atoms with Crippen LogP contribution in [0.2, 0.25) is 0 Å². The van der Waals surface area contributed by atoms with Gasteiger partial charge in [-0.05, 0) is 46.2 Å². The third-order valence-corrected chi connectivity index (χ3v) is 5.60. The first-order valence-electron chi connectivity index (χ1n) is 7.61. The summed E-state index contributed by atoms with van der Waals surface area (Å²) in [4.78, 5) is 0. The number of fused-ring (bicyclic) bond motifs is 2. The summed E-state index contributed by atoms with van der Waals surface area (Å²) < 4.78 is 0. The Morgan fingerprint density at radius 1 is 0.652 bits per heavy atom. The first-order valence-corrected chi connectivity index (χ1v) is 8.48. The van der Waals surface area contributed by atoms with Crippen LogP contribution in [0.5, 0.6) is 0 Å². The van der Waals surface area contributed by atoms with E-state index in [2.05, 4.69) is 60.7 Å². The van der Waals surface area contributed by atoms with Crippen LogP contribution in [-0.2, 0) is 26.2 Å². The molecule has 112 valence electrons. The molecule has 0 aliphatic heterocycles. The summed E-state index contributed by atoms with van der Waals surface area (Å²) in [5.41, 5.74) is 7.55. The molecule has 4 rings (SSSR count). The van der Waals surface area contributed by atoms with Gasteiger partial charge in [0.2, 0.25) is 0 Å². The molecule has 0 saturated heterocycles. The van der Waals surface area contributed by atoms with E-state index < -0.39 is 0 Å². The zero-order valence-corrected chi connectivity index (χ0v) is 16.6. The van der Waals surface area contributed by atoms with Crippen molar-refractivity contribution in [1.29, 1.82) is 0 Å². The van der Waals surface area contributed by atoms with E-state index in [4.69, 9.17) is 23.2 Å². The molecule has 0 N–H and O–H groups in total. The van der Waals surface area contributed by atoms with E-state index >= 15 is 0 Å². The van der Waals surface area contributed by atoms with Crippen molar-refractivity contribution in [3.8, 4) is 0 Å². The molecule has 0 saturated carbocycles. The maximum absolute atomic E-state index is 6.60. The molecule has 0 radical (unpaired) electrons. The van der Waals surface area contributed by atoms with Gasteiger partial charge in [0.25, 0.3) is 0 Å². The van der Waals surface area contributed by atoms with E-state index in [1.165, 1.54) is 33.4 Å². The second kappa shape index (κ2) is 7.10. The largest absolute Gasteiger partial charge is 2.00 e. The fraction of sp³-hybridized carbons (Fsp3) is 0.200. The Bertz CT molecular complexity index is 724. The Labute approximate surface area is 166 Å². The Kier molecular flexibility index (Phi) is 5.31. The van der Waals surface area contributed by atoms with Crippen LogP contribution >= 0.6 is 23.2 Å². The van der Waals surface area contributed by atoms with E-state index in [9.17, 15) is 0 Å². The van der Waals surface area contributed by atoms with Crippen LogP contribution in [0, 0.1) is 0 Å². The van der Waals surface area contributed by atoms with E-state index in [-0.39, 0.29) is 37.0 Å². The minimum absolute atomic E-state index is 0. The number of benzene rings is 2. The van der Waals surface area contributed by atoms with E-state index in [0.29, 0.717) is 0 Å². The molecule has 2 aromatic rings. The van der Waals surface area contributed by atoms with Gasteiger partial charge < -0.3 is 0 Å². The van der Waals surface area contributed by atoms with Gasteiger partial charge in [-0.15, -0.1) is 23.2 Å². The second-order valence-corrected chi connectivity index (χ2v) is 6.79. The van der Waals surface area contributed by atoms with Crippen molar-refractivity contribution >= 4 is 35.4 Å². The Balaban J connectivity index is 0.00000156. The van der Waals surface area contributed by atoms with Gasteiger partial charge in [0.1, 0.15) is 0 Å². The topological polar surface area (TPSA) is 0 Å². The van der Waals surface area contributed by atoms with E-state index in [1.807, 2.05) is 0 Å². The van der Waals surface area contributed by atoms with Gasteiger partial charge in [-0.25, -0.2) is 0 Å². The van der Waals surface area contributed by atoms with Crippen molar-refractivity contribution in [1.82, 2.24) is 0 Å². The standard InChI is InChI=1S/C20H16Cl2.Zr/c21-19-15(11-13-5-1-3-7-17(13)19)9-10-16-12-14-6-2-4-8-18(14)20(16)22;/h1-8,11-12,19-20H,9-10H2;/q;+2. The number of halogens is 2. The Morgan fingerprint density at radius 2 is 1.04 bits per heavy atom. The van der Waals surface area contributed by atoms with Crippen LogP contribution < -0.4 is 0 Å². The van der Waals surface area contributed by atoms with Crippen molar-refractivity contribution < 1.29 is 26.2 Å². The predicted molar refractivity (Wildman–Crippen MR) is 95.3 cm³/mol. The van der Waals surface area contributed by atoms with Crippen LogP contribution in [0.3, 0.4) is 0 Å². The summed E-state index contributed by atoms with van der Waals surface area (Å²) in [6.07, 6.45) is 6.40. The quantitative estimate of drug-likeness (QED) is 0.498. The first kappa shape index (κ1) is 17.2. The maximum Gasteiger partial charge on any atom is 2.00 e. The molecule has 23 heavy (non-hydrogen) atoms. The molecule has 3 heteroatoms. The van der Waals surface area contributed by atoms with Gasteiger partial charge in [0.05, 0.1) is 10.8 Å². The van der Waals surface area contributed by atoms with Gasteiger partial charge in [-0.1, -0.05) is 60.7 Å². The molecule has 2 atom stereocenters. The molecule has 2 unspecified atom stereocenters. The van der Waals surface area contributed by atoms with Gasteiger partial charge >= 0.3 is 26.2 Å². The molecule has 2 aliphatic carbocycles. The maximum atomic E-state index is 6.60. The second-order valence-electron chi connectivity index (χ2n) is 5.92. The molecule has 0 aromatic heterocycles. The van der Waals surface area contributed by atoms with E-state index in [0.717, 1.165) is 12.8 Å². The molecule has 0 nitrogen and oxygen atoms in total. The SMILES string of the molecule is ClC1C(CCC2=Cc3ccccc3C2Cl)=Cc2ccccc21.[Zr+2]. The fourth-order valence-electron chi connectivity index (χ4n) is 3.38. The normalized spacial score (nSPS) is 21.1. The number of rotatable bonds is 3. The van der Waals surface area contributed by atoms with Crippen molar-refractivity contribution in [3.63, 3.8) is 0 Å². The average molecular weight is 418 g/mol. The smallest absolute Gasteiger partial charge is 0.113 e. The van der Waals surface area contributed by atoms with Gasteiger partial charge in [-0.3, -0.25) is 0 Å². The number of hydrogen-bond donors (Lipinski definition) is 0. The van der Waals surface area contributed by atoms with E-state index in [1.54, 1.807) is 0 Å². The summed E-state index contributed by atoms with van der Waals surface area (Å²) in [6.45, 7) is 0. The summed E-state index contributed by atoms with van der Waals surface area (Å²) >= 11 is 13.2. The molecule has 0 spiro atoms. The third-order valence-electron chi connectivity index (χ3n) is 4.57. The zero-order chi connectivity index (χ0) is 15.1. The summed E-state index contributed by atoms with van der Waals surface area (Å²) in [7, 11) is 0. The van der Waals surface area contributed by atoms with Crippen molar-refractivity contribution in [2.24, 2.45) is 0 Å². The van der Waals surface area contributed by atoms with Gasteiger partial charge in [0, 0.05) is 0 Å². The zero-order valence-electron chi connectivity index (χ0n) is 12.6. The summed E-state index contributed by atoms with van der Waals surface area (Å²) in [5.74, 6) is 0. The van der Waals surface area contributed by atoms with Crippen LogP contribution in [0.1, 0.15) is 45.8 Å². The molecule has 2 aliphatic rings. The fourth-order valence-corrected chi connectivity index (χ4v) is 4.12. The number of hydrogen-bond acceptors (Lipinski definition) is 0. The average Bonchev–Trinajstić information content (AvgIpc) is 3.04. The molecule has 0 amide bonds. The van der Waals surface area contributed by atoms with Crippen molar-refractivity contribution in [3.05, 3.63) is 81.9 Å². The Morgan fingerprint density at radius 3 is 1.43 bits per heavy atom. The van der Waals surface area contributed by atoms with Crippen molar-refractivity contribution in [2.75, 3.05) is 0 Å². The van der Waals surface area contributed by atoms with Gasteiger partial charge in [0.15, 0.2) is 0 Å². The van der Waals surface area contributed by atoms with Crippen LogP contribution in [0.25, 0.3) is 12.2 Å². The van der Waals surface area contributed by atoms with Crippen LogP contribution in [0.15, 0.2) is 59.7 Å². The molecule has 0 fully saturated rings. The number of allylic oxidation sites excluding steroid dienone is 2. The van der Waals surface area contributed by atoms with Crippen molar-refractivity contribution in [2.45, 2.75) is 23.6 Å². The molecule has 0 heterocycles. The molecular formula is C20H16Cl2Zr+2. The monoisotopic (exact) mass is 416 g/mol. The summed E-state index contributed by atoms with van der Waals surface area (Å²) in [6, 6.07) is 16.7.